The molecule has 2 aromatic carbocycles. The number of anilines is 1. The summed E-state index contributed by atoms with van der Waals surface area (Å²) in [6.07, 6.45) is 1.43. The zero-order valence-corrected chi connectivity index (χ0v) is 16.4. The monoisotopic (exact) mass is 410 g/mol. The predicted molar refractivity (Wildman–Crippen MR) is 110 cm³/mol. The van der Waals surface area contributed by atoms with Crippen molar-refractivity contribution in [3.63, 3.8) is 0 Å². The van der Waals surface area contributed by atoms with Crippen molar-refractivity contribution in [1.82, 2.24) is 5.32 Å². The number of furan rings is 1. The lowest BCUT2D eigenvalue weighted by molar-refractivity contribution is -0.123. The first kappa shape index (κ1) is 20.8. The van der Waals surface area contributed by atoms with Gasteiger partial charge in [-0.05, 0) is 48.5 Å². The molecule has 1 aromatic heterocycles. The van der Waals surface area contributed by atoms with E-state index in [0.717, 1.165) is 5.75 Å². The minimum Gasteiger partial charge on any atom is -0.497 e. The maximum Gasteiger partial charge on any atom is 0.291 e. The lowest BCUT2D eigenvalue weighted by Gasteiger charge is -2.10. The second-order valence-electron chi connectivity index (χ2n) is 6.12. The highest BCUT2D eigenvalue weighted by Gasteiger charge is 2.09. The molecule has 8 nitrogen and oxygen atoms in total. The number of hydrogen-bond donors (Lipinski definition) is 2. The lowest BCUT2D eigenvalue weighted by Crippen LogP contribution is -2.32. The molecule has 3 aromatic rings. The van der Waals surface area contributed by atoms with Crippen LogP contribution in [0.2, 0.25) is 0 Å². The van der Waals surface area contributed by atoms with E-state index in [1.54, 1.807) is 67.8 Å². The molecule has 0 fully saturated rings. The van der Waals surface area contributed by atoms with Crippen molar-refractivity contribution in [2.75, 3.05) is 32.2 Å². The summed E-state index contributed by atoms with van der Waals surface area (Å²) in [6, 6.07) is 17.1. The van der Waals surface area contributed by atoms with E-state index in [4.69, 9.17) is 18.6 Å². The van der Waals surface area contributed by atoms with Crippen molar-refractivity contribution in [3.05, 3.63) is 72.7 Å². The molecule has 1 heterocycles. The van der Waals surface area contributed by atoms with E-state index in [1.165, 1.54) is 6.26 Å². The van der Waals surface area contributed by atoms with Gasteiger partial charge in [-0.2, -0.15) is 0 Å². The molecule has 0 aliphatic heterocycles. The minimum atomic E-state index is -0.369. The van der Waals surface area contributed by atoms with Crippen molar-refractivity contribution in [2.45, 2.75) is 0 Å². The van der Waals surface area contributed by atoms with E-state index in [9.17, 15) is 9.59 Å². The topological polar surface area (TPSA) is 99.0 Å². The van der Waals surface area contributed by atoms with Crippen LogP contribution < -0.4 is 24.8 Å². The normalized spacial score (nSPS) is 10.2. The predicted octanol–water partition coefficient (Wildman–Crippen LogP) is 3.11. The summed E-state index contributed by atoms with van der Waals surface area (Å²) in [5.41, 5.74) is 0.530. The van der Waals surface area contributed by atoms with Gasteiger partial charge in [0, 0.05) is 11.8 Å². The Morgan fingerprint density at radius 2 is 1.73 bits per heavy atom. The molecule has 0 saturated heterocycles. The zero-order valence-electron chi connectivity index (χ0n) is 16.4. The average Bonchev–Trinajstić information content (AvgIpc) is 3.31. The van der Waals surface area contributed by atoms with Gasteiger partial charge >= 0.3 is 0 Å². The van der Waals surface area contributed by atoms with Crippen molar-refractivity contribution in [3.8, 4) is 17.2 Å². The summed E-state index contributed by atoms with van der Waals surface area (Å²) in [5.74, 6) is 1.45. The Hall–Kier alpha value is -3.94. The first-order valence-electron chi connectivity index (χ1n) is 9.25. The van der Waals surface area contributed by atoms with E-state index >= 15 is 0 Å². The van der Waals surface area contributed by atoms with Gasteiger partial charge in [-0.15, -0.1) is 0 Å². The highest BCUT2D eigenvalue weighted by Crippen LogP contribution is 2.18. The van der Waals surface area contributed by atoms with Gasteiger partial charge in [0.1, 0.15) is 23.9 Å². The van der Waals surface area contributed by atoms with E-state index in [1.807, 2.05) is 0 Å². The second kappa shape index (κ2) is 10.6. The van der Waals surface area contributed by atoms with Gasteiger partial charge < -0.3 is 29.3 Å². The van der Waals surface area contributed by atoms with Crippen LogP contribution in [0.15, 0.2) is 71.3 Å². The third kappa shape index (κ3) is 6.30. The van der Waals surface area contributed by atoms with E-state index in [-0.39, 0.29) is 24.2 Å². The molecule has 0 saturated carbocycles. The Balaban J connectivity index is 1.37. The molecule has 30 heavy (non-hydrogen) atoms. The smallest absolute Gasteiger partial charge is 0.291 e. The molecule has 2 amide bonds. The number of benzene rings is 2. The maximum atomic E-state index is 12.0. The molecule has 2 N–H and O–H groups in total. The van der Waals surface area contributed by atoms with Crippen molar-refractivity contribution in [1.29, 1.82) is 0 Å². The van der Waals surface area contributed by atoms with Crippen LogP contribution in [0.25, 0.3) is 0 Å². The average molecular weight is 410 g/mol. The van der Waals surface area contributed by atoms with Crippen LogP contribution in [0.4, 0.5) is 5.69 Å². The Morgan fingerprint density at radius 3 is 2.47 bits per heavy atom. The third-order valence-corrected chi connectivity index (χ3v) is 3.96. The number of rotatable bonds is 10. The largest absolute Gasteiger partial charge is 0.497 e. The van der Waals surface area contributed by atoms with Gasteiger partial charge in [0.15, 0.2) is 12.4 Å². The highest BCUT2D eigenvalue weighted by atomic mass is 16.5. The van der Waals surface area contributed by atoms with E-state index in [0.29, 0.717) is 30.3 Å². The van der Waals surface area contributed by atoms with Gasteiger partial charge in [-0.1, -0.05) is 6.07 Å². The van der Waals surface area contributed by atoms with Crippen LogP contribution in [0.1, 0.15) is 10.6 Å². The Morgan fingerprint density at radius 1 is 0.933 bits per heavy atom. The van der Waals surface area contributed by atoms with Gasteiger partial charge in [0.05, 0.1) is 19.9 Å². The molecule has 0 radical (unpaired) electrons. The fraction of sp³-hybridized carbons (Fsp3) is 0.182. The summed E-state index contributed by atoms with van der Waals surface area (Å²) < 4.78 is 21.2. The zero-order chi connectivity index (χ0) is 21.2. The van der Waals surface area contributed by atoms with Crippen molar-refractivity contribution in [2.24, 2.45) is 0 Å². The SMILES string of the molecule is COc1ccc(OCCNC(=O)COc2cccc(NC(=O)c3ccco3)c2)cc1. The van der Waals surface area contributed by atoms with Crippen LogP contribution in [0.3, 0.4) is 0 Å². The Labute approximate surface area is 173 Å². The van der Waals surface area contributed by atoms with Crippen LogP contribution >= 0.6 is 0 Å². The van der Waals surface area contributed by atoms with Crippen molar-refractivity contribution >= 4 is 17.5 Å². The molecule has 0 aliphatic carbocycles. The van der Waals surface area contributed by atoms with E-state index < -0.39 is 0 Å². The number of hydrogen-bond acceptors (Lipinski definition) is 6. The molecule has 0 atom stereocenters. The Bertz CT molecular complexity index is 954. The summed E-state index contributed by atoms with van der Waals surface area (Å²) in [6.45, 7) is 0.512. The molecule has 3 rings (SSSR count). The Kier molecular flexibility index (Phi) is 7.32. The molecule has 156 valence electrons. The van der Waals surface area contributed by atoms with Crippen LogP contribution in [0.5, 0.6) is 17.2 Å². The van der Waals surface area contributed by atoms with Gasteiger partial charge in [0.25, 0.3) is 11.8 Å². The number of methoxy groups -OCH3 is 1. The summed E-state index contributed by atoms with van der Waals surface area (Å²) in [4.78, 5) is 23.9. The maximum absolute atomic E-state index is 12.0. The molecule has 8 heteroatoms. The molecular formula is C22H22N2O6. The van der Waals surface area contributed by atoms with Gasteiger partial charge in [0.2, 0.25) is 0 Å². The standard InChI is InChI=1S/C22H22N2O6/c1-27-17-7-9-18(10-8-17)28-13-11-23-21(25)15-30-19-5-2-4-16(14-19)24-22(26)20-6-3-12-29-20/h2-10,12,14H,11,13,15H2,1H3,(H,23,25)(H,24,26). The first-order valence-corrected chi connectivity index (χ1v) is 9.25. The summed E-state index contributed by atoms with van der Waals surface area (Å²) in [7, 11) is 1.60. The summed E-state index contributed by atoms with van der Waals surface area (Å²) in [5, 5.41) is 5.41. The number of carbonyl (C=O) groups excluding carboxylic acids is 2. The van der Waals surface area contributed by atoms with Crippen molar-refractivity contribution < 1.29 is 28.2 Å². The van der Waals surface area contributed by atoms with Crippen LogP contribution in [-0.2, 0) is 4.79 Å². The fourth-order valence-electron chi connectivity index (χ4n) is 2.50. The fourth-order valence-corrected chi connectivity index (χ4v) is 2.50. The van der Waals surface area contributed by atoms with Crippen LogP contribution in [0, 0.1) is 0 Å². The number of ether oxygens (including phenoxy) is 3. The quantitative estimate of drug-likeness (QED) is 0.498. The number of carbonyl (C=O) groups is 2. The lowest BCUT2D eigenvalue weighted by atomic mass is 10.3. The molecule has 0 spiro atoms. The first-order chi connectivity index (χ1) is 14.6. The summed E-state index contributed by atoms with van der Waals surface area (Å²) >= 11 is 0. The number of amides is 2. The molecule has 0 aliphatic rings. The van der Waals surface area contributed by atoms with Crippen LogP contribution in [-0.4, -0.2) is 38.7 Å². The minimum absolute atomic E-state index is 0.155. The second-order valence-corrected chi connectivity index (χ2v) is 6.12. The highest BCUT2D eigenvalue weighted by molar-refractivity contribution is 6.02. The molecule has 0 unspecified atom stereocenters. The molecular weight excluding hydrogens is 388 g/mol. The third-order valence-electron chi connectivity index (χ3n) is 3.96. The number of nitrogens with one attached hydrogen (secondary N) is 2. The van der Waals surface area contributed by atoms with Gasteiger partial charge in [-0.3, -0.25) is 9.59 Å². The molecule has 0 bridgehead atoms. The van der Waals surface area contributed by atoms with E-state index in [2.05, 4.69) is 10.6 Å². The van der Waals surface area contributed by atoms with Gasteiger partial charge in [-0.25, -0.2) is 0 Å².